The molecule has 1 heterocycles. The predicted molar refractivity (Wildman–Crippen MR) is 84.3 cm³/mol. The summed E-state index contributed by atoms with van der Waals surface area (Å²) in [6, 6.07) is 2.31. The minimum atomic E-state index is 0.869. The molecular formula is C17H28N2. The topological polar surface area (TPSA) is 15.3 Å². The number of anilines is 1. The lowest BCUT2D eigenvalue weighted by molar-refractivity contribution is 0.533. The summed E-state index contributed by atoms with van der Waals surface area (Å²) in [5.74, 6) is 0.869. The standard InChI is InChI=1S/C17H28N2/c1-12-10-13(2)15(4)17(14(12)3)19(5)9-7-16-6-8-18-11-16/h10,16,18H,6-9,11H2,1-5H3. The van der Waals surface area contributed by atoms with Gasteiger partial charge in [0.1, 0.15) is 0 Å². The fourth-order valence-electron chi connectivity index (χ4n) is 3.22. The first kappa shape index (κ1) is 14.4. The van der Waals surface area contributed by atoms with E-state index in [1.165, 1.54) is 53.9 Å². The van der Waals surface area contributed by atoms with Gasteiger partial charge in [-0.3, -0.25) is 0 Å². The monoisotopic (exact) mass is 260 g/mol. The summed E-state index contributed by atoms with van der Waals surface area (Å²) in [6.45, 7) is 12.5. The van der Waals surface area contributed by atoms with Crippen LogP contribution in [0.1, 0.15) is 35.1 Å². The molecule has 0 aromatic heterocycles. The minimum Gasteiger partial charge on any atom is -0.374 e. The highest BCUT2D eigenvalue weighted by Crippen LogP contribution is 2.30. The van der Waals surface area contributed by atoms with Gasteiger partial charge in [-0.15, -0.1) is 0 Å². The normalized spacial score (nSPS) is 18.9. The largest absolute Gasteiger partial charge is 0.374 e. The maximum absolute atomic E-state index is 3.46. The molecule has 1 aliphatic heterocycles. The lowest BCUT2D eigenvalue weighted by Crippen LogP contribution is -2.24. The number of nitrogens with one attached hydrogen (secondary N) is 1. The van der Waals surface area contributed by atoms with Crippen LogP contribution in [0.5, 0.6) is 0 Å². The van der Waals surface area contributed by atoms with Crippen molar-refractivity contribution < 1.29 is 0 Å². The van der Waals surface area contributed by atoms with E-state index in [0.717, 1.165) is 12.5 Å². The third-order valence-corrected chi connectivity index (χ3v) is 4.74. The number of aryl methyl sites for hydroxylation is 2. The molecule has 0 aliphatic carbocycles. The van der Waals surface area contributed by atoms with E-state index in [1.807, 2.05) is 0 Å². The van der Waals surface area contributed by atoms with Crippen LogP contribution in [0.25, 0.3) is 0 Å². The Morgan fingerprint density at radius 2 is 1.79 bits per heavy atom. The van der Waals surface area contributed by atoms with Gasteiger partial charge in [-0.05, 0) is 81.8 Å². The van der Waals surface area contributed by atoms with E-state index in [1.54, 1.807) is 0 Å². The van der Waals surface area contributed by atoms with Crippen LogP contribution in [0.2, 0.25) is 0 Å². The summed E-state index contributed by atoms with van der Waals surface area (Å²) in [7, 11) is 2.25. The first-order valence-electron chi connectivity index (χ1n) is 7.50. The molecule has 1 aromatic rings. The Morgan fingerprint density at radius 3 is 2.32 bits per heavy atom. The Kier molecular flexibility index (Phi) is 4.51. The summed E-state index contributed by atoms with van der Waals surface area (Å²) in [6.07, 6.45) is 2.65. The number of rotatable bonds is 4. The molecule has 1 aliphatic rings. The van der Waals surface area contributed by atoms with E-state index in [9.17, 15) is 0 Å². The van der Waals surface area contributed by atoms with Gasteiger partial charge in [0.15, 0.2) is 0 Å². The molecule has 2 nitrogen and oxygen atoms in total. The minimum absolute atomic E-state index is 0.869. The van der Waals surface area contributed by atoms with Crippen molar-refractivity contribution in [2.24, 2.45) is 5.92 Å². The van der Waals surface area contributed by atoms with Crippen molar-refractivity contribution in [3.05, 3.63) is 28.3 Å². The van der Waals surface area contributed by atoms with Crippen molar-refractivity contribution in [2.75, 3.05) is 31.6 Å². The van der Waals surface area contributed by atoms with E-state index in [2.05, 4.69) is 51.0 Å². The molecule has 0 saturated carbocycles. The van der Waals surface area contributed by atoms with Gasteiger partial charge in [0, 0.05) is 19.3 Å². The Hall–Kier alpha value is -1.02. The molecule has 19 heavy (non-hydrogen) atoms. The molecule has 1 unspecified atom stereocenters. The van der Waals surface area contributed by atoms with Crippen LogP contribution in [0, 0.1) is 33.6 Å². The highest BCUT2D eigenvalue weighted by molar-refractivity contribution is 5.63. The average Bonchev–Trinajstić information content (AvgIpc) is 2.87. The number of hydrogen-bond donors (Lipinski definition) is 1. The van der Waals surface area contributed by atoms with Crippen LogP contribution in [0.3, 0.4) is 0 Å². The van der Waals surface area contributed by atoms with Crippen molar-refractivity contribution in [3.8, 4) is 0 Å². The van der Waals surface area contributed by atoms with Gasteiger partial charge in [0.2, 0.25) is 0 Å². The summed E-state index contributed by atoms with van der Waals surface area (Å²) in [5.41, 5.74) is 7.15. The van der Waals surface area contributed by atoms with Gasteiger partial charge in [0.05, 0.1) is 0 Å². The van der Waals surface area contributed by atoms with Crippen molar-refractivity contribution in [1.29, 1.82) is 0 Å². The lowest BCUT2D eigenvalue weighted by atomic mass is 9.97. The molecule has 1 atom stereocenters. The maximum atomic E-state index is 3.46. The van der Waals surface area contributed by atoms with Gasteiger partial charge >= 0.3 is 0 Å². The molecule has 0 amide bonds. The molecule has 2 heteroatoms. The molecule has 0 bridgehead atoms. The Bertz CT molecular complexity index is 419. The molecule has 106 valence electrons. The van der Waals surface area contributed by atoms with Crippen molar-refractivity contribution >= 4 is 5.69 Å². The summed E-state index contributed by atoms with van der Waals surface area (Å²) in [5, 5.41) is 3.46. The molecule has 1 fully saturated rings. The van der Waals surface area contributed by atoms with Crippen molar-refractivity contribution in [1.82, 2.24) is 5.32 Å². The zero-order chi connectivity index (χ0) is 14.0. The van der Waals surface area contributed by atoms with Crippen LogP contribution < -0.4 is 10.2 Å². The van der Waals surface area contributed by atoms with Gasteiger partial charge in [-0.2, -0.15) is 0 Å². The van der Waals surface area contributed by atoms with Gasteiger partial charge in [0.25, 0.3) is 0 Å². The second kappa shape index (κ2) is 5.96. The highest BCUT2D eigenvalue weighted by atomic mass is 15.1. The van der Waals surface area contributed by atoms with Crippen LogP contribution in [0.4, 0.5) is 5.69 Å². The summed E-state index contributed by atoms with van der Waals surface area (Å²) in [4.78, 5) is 2.46. The Morgan fingerprint density at radius 1 is 1.16 bits per heavy atom. The smallest absolute Gasteiger partial charge is 0.0428 e. The van der Waals surface area contributed by atoms with Crippen molar-refractivity contribution in [2.45, 2.75) is 40.5 Å². The first-order chi connectivity index (χ1) is 9.00. The van der Waals surface area contributed by atoms with E-state index in [0.29, 0.717) is 0 Å². The van der Waals surface area contributed by atoms with E-state index in [4.69, 9.17) is 0 Å². The molecule has 1 aromatic carbocycles. The summed E-state index contributed by atoms with van der Waals surface area (Å²) < 4.78 is 0. The molecular weight excluding hydrogens is 232 g/mol. The lowest BCUT2D eigenvalue weighted by Gasteiger charge is -2.27. The van der Waals surface area contributed by atoms with Crippen LogP contribution in [-0.2, 0) is 0 Å². The molecule has 0 spiro atoms. The average molecular weight is 260 g/mol. The Labute approximate surface area is 118 Å². The number of hydrogen-bond acceptors (Lipinski definition) is 2. The molecule has 1 N–H and O–H groups in total. The fraction of sp³-hybridized carbons (Fsp3) is 0.647. The fourth-order valence-corrected chi connectivity index (χ4v) is 3.22. The SMILES string of the molecule is Cc1cc(C)c(C)c(N(C)CCC2CCNC2)c1C. The van der Waals surface area contributed by atoms with Crippen LogP contribution in [0.15, 0.2) is 6.07 Å². The van der Waals surface area contributed by atoms with Crippen molar-refractivity contribution in [3.63, 3.8) is 0 Å². The predicted octanol–water partition coefficient (Wildman–Crippen LogP) is 3.36. The third kappa shape index (κ3) is 3.11. The molecule has 2 rings (SSSR count). The third-order valence-electron chi connectivity index (χ3n) is 4.74. The molecule has 1 saturated heterocycles. The number of benzene rings is 1. The second-order valence-corrected chi connectivity index (χ2v) is 6.18. The molecule has 0 radical (unpaired) electrons. The summed E-state index contributed by atoms with van der Waals surface area (Å²) >= 11 is 0. The van der Waals surface area contributed by atoms with Crippen LogP contribution >= 0.6 is 0 Å². The zero-order valence-corrected chi connectivity index (χ0v) is 13.1. The van der Waals surface area contributed by atoms with E-state index in [-0.39, 0.29) is 0 Å². The van der Waals surface area contributed by atoms with Gasteiger partial charge < -0.3 is 10.2 Å². The zero-order valence-electron chi connectivity index (χ0n) is 13.1. The van der Waals surface area contributed by atoms with Gasteiger partial charge in [-0.25, -0.2) is 0 Å². The highest BCUT2D eigenvalue weighted by Gasteiger charge is 2.17. The quantitative estimate of drug-likeness (QED) is 0.893. The number of nitrogens with zero attached hydrogens (tertiary/aromatic N) is 1. The van der Waals surface area contributed by atoms with Crippen LogP contribution in [-0.4, -0.2) is 26.7 Å². The van der Waals surface area contributed by atoms with E-state index >= 15 is 0 Å². The first-order valence-corrected chi connectivity index (χ1v) is 7.50. The van der Waals surface area contributed by atoms with E-state index < -0.39 is 0 Å². The van der Waals surface area contributed by atoms with Gasteiger partial charge in [-0.1, -0.05) is 6.07 Å². The second-order valence-electron chi connectivity index (χ2n) is 6.18. The Balaban J connectivity index is 2.11. The maximum Gasteiger partial charge on any atom is 0.0428 e.